The lowest BCUT2D eigenvalue weighted by molar-refractivity contribution is -0.116. The molecule has 2 amide bonds. The lowest BCUT2D eigenvalue weighted by atomic mass is 10.1. The number of hydrogen-bond donors (Lipinski definition) is 3. The Balaban J connectivity index is 2.05. The molecule has 0 fully saturated rings. The van der Waals surface area contributed by atoms with Crippen molar-refractivity contribution in [3.63, 3.8) is 0 Å². The van der Waals surface area contributed by atoms with Crippen LogP contribution < -0.4 is 16.0 Å². The fourth-order valence-electron chi connectivity index (χ4n) is 2.09. The number of carbonyl (C=O) groups is 2. The van der Waals surface area contributed by atoms with Crippen LogP contribution in [0.3, 0.4) is 0 Å². The van der Waals surface area contributed by atoms with Gasteiger partial charge in [-0.3, -0.25) is 9.59 Å². The molecule has 2 aromatic carbocycles. The lowest BCUT2D eigenvalue weighted by Gasteiger charge is -2.16. The molecule has 7 heteroatoms. The maximum absolute atomic E-state index is 12.3. The van der Waals surface area contributed by atoms with Crippen molar-refractivity contribution in [2.24, 2.45) is 0 Å². The minimum Gasteiger partial charge on any atom is -0.374 e. The molecule has 0 saturated heterocycles. The summed E-state index contributed by atoms with van der Waals surface area (Å²) in [4.78, 5) is 23.9. The molecule has 2 rings (SSSR count). The molecule has 0 saturated carbocycles. The van der Waals surface area contributed by atoms with Crippen LogP contribution in [0.5, 0.6) is 0 Å². The summed E-state index contributed by atoms with van der Waals surface area (Å²) in [5.41, 5.74) is 1.70. The fourth-order valence-corrected chi connectivity index (χ4v) is 2.61. The maximum atomic E-state index is 12.3. The molecule has 5 nitrogen and oxygen atoms in total. The summed E-state index contributed by atoms with van der Waals surface area (Å²) in [6.07, 6.45) is 0. The first-order valence-corrected chi connectivity index (χ1v) is 8.00. The molecule has 0 aliphatic carbocycles. The third-order valence-corrected chi connectivity index (χ3v) is 3.69. The van der Waals surface area contributed by atoms with E-state index in [1.54, 1.807) is 56.4 Å². The number of anilines is 2. The Hall–Kier alpha value is -2.24. The maximum Gasteiger partial charge on any atom is 0.251 e. The Morgan fingerprint density at radius 1 is 1.00 bits per heavy atom. The van der Waals surface area contributed by atoms with E-state index in [0.29, 0.717) is 27.0 Å². The molecule has 24 heavy (non-hydrogen) atoms. The van der Waals surface area contributed by atoms with Crippen molar-refractivity contribution in [3.05, 3.63) is 58.1 Å². The quantitative estimate of drug-likeness (QED) is 0.754. The first-order valence-electron chi connectivity index (χ1n) is 7.24. The highest BCUT2D eigenvalue weighted by atomic mass is 35.5. The van der Waals surface area contributed by atoms with E-state index in [0.717, 1.165) is 0 Å². The van der Waals surface area contributed by atoms with Crippen molar-refractivity contribution in [2.45, 2.75) is 13.0 Å². The average molecular weight is 366 g/mol. The van der Waals surface area contributed by atoms with Crippen molar-refractivity contribution in [1.82, 2.24) is 5.32 Å². The van der Waals surface area contributed by atoms with Gasteiger partial charge in [-0.2, -0.15) is 0 Å². The van der Waals surface area contributed by atoms with Crippen molar-refractivity contribution < 1.29 is 9.59 Å². The van der Waals surface area contributed by atoms with E-state index in [2.05, 4.69) is 16.0 Å². The summed E-state index contributed by atoms with van der Waals surface area (Å²) in [6, 6.07) is 11.2. The number of amides is 2. The van der Waals surface area contributed by atoms with E-state index in [9.17, 15) is 9.59 Å². The molecule has 0 unspecified atom stereocenters. The van der Waals surface area contributed by atoms with Gasteiger partial charge >= 0.3 is 0 Å². The van der Waals surface area contributed by atoms with Gasteiger partial charge in [0.25, 0.3) is 5.91 Å². The summed E-state index contributed by atoms with van der Waals surface area (Å²) in [5, 5.41) is 9.23. The number of benzene rings is 2. The molecule has 0 radical (unpaired) electrons. The van der Waals surface area contributed by atoms with Gasteiger partial charge in [0.1, 0.15) is 6.04 Å². The van der Waals surface area contributed by atoms with Crippen molar-refractivity contribution in [2.75, 3.05) is 17.7 Å². The monoisotopic (exact) mass is 365 g/mol. The first-order chi connectivity index (χ1) is 11.4. The Labute approximate surface area is 150 Å². The second kappa shape index (κ2) is 8.04. The van der Waals surface area contributed by atoms with Gasteiger partial charge in [-0.05, 0) is 43.3 Å². The molecule has 3 N–H and O–H groups in total. The van der Waals surface area contributed by atoms with Gasteiger partial charge in [-0.25, -0.2) is 0 Å². The Morgan fingerprint density at radius 2 is 1.67 bits per heavy atom. The number of hydrogen-bond acceptors (Lipinski definition) is 3. The van der Waals surface area contributed by atoms with Gasteiger partial charge in [0.05, 0.1) is 0 Å². The molecule has 0 heterocycles. The van der Waals surface area contributed by atoms with Gasteiger partial charge in [0.15, 0.2) is 0 Å². The standard InChI is InChI=1S/C17H17Cl2N3O2/c1-10(16(23)22-15-8-12(18)7-13(19)9-15)21-14-5-3-4-11(6-14)17(24)20-2/h3-10,21H,1-2H3,(H,20,24)(H,22,23)/t10-/m0/s1. The molecular weight excluding hydrogens is 349 g/mol. The SMILES string of the molecule is CNC(=O)c1cccc(N[C@@H](C)C(=O)Nc2cc(Cl)cc(Cl)c2)c1. The first kappa shape index (κ1) is 18.1. The third kappa shape index (κ3) is 4.88. The van der Waals surface area contributed by atoms with Gasteiger partial charge in [0.2, 0.25) is 5.91 Å². The van der Waals surface area contributed by atoms with Gasteiger partial charge in [0, 0.05) is 34.0 Å². The molecule has 0 aliphatic rings. The molecule has 0 spiro atoms. The zero-order chi connectivity index (χ0) is 17.7. The van der Waals surface area contributed by atoms with Crippen LogP contribution in [0.2, 0.25) is 10.0 Å². The topological polar surface area (TPSA) is 70.2 Å². The normalized spacial score (nSPS) is 11.5. The van der Waals surface area contributed by atoms with E-state index < -0.39 is 6.04 Å². The van der Waals surface area contributed by atoms with Crippen LogP contribution in [0.4, 0.5) is 11.4 Å². The minimum absolute atomic E-state index is 0.190. The zero-order valence-electron chi connectivity index (χ0n) is 13.2. The smallest absolute Gasteiger partial charge is 0.251 e. The van der Waals surface area contributed by atoms with Crippen LogP contribution in [0.25, 0.3) is 0 Å². The number of carbonyl (C=O) groups excluding carboxylic acids is 2. The second-order valence-corrected chi connectivity index (χ2v) is 6.05. The van der Waals surface area contributed by atoms with E-state index in [1.165, 1.54) is 0 Å². The number of rotatable bonds is 5. The summed E-state index contributed by atoms with van der Waals surface area (Å²) >= 11 is 11.8. The third-order valence-electron chi connectivity index (χ3n) is 3.26. The summed E-state index contributed by atoms with van der Waals surface area (Å²) in [7, 11) is 1.56. The van der Waals surface area contributed by atoms with E-state index in [-0.39, 0.29) is 11.8 Å². The molecule has 2 aromatic rings. The molecule has 0 bridgehead atoms. The summed E-state index contributed by atoms with van der Waals surface area (Å²) in [5.74, 6) is -0.442. The van der Waals surface area contributed by atoms with Crippen LogP contribution in [0.1, 0.15) is 17.3 Å². The lowest BCUT2D eigenvalue weighted by Crippen LogP contribution is -2.32. The Bertz CT molecular complexity index is 745. The molecule has 0 aromatic heterocycles. The highest BCUT2D eigenvalue weighted by molar-refractivity contribution is 6.35. The van der Waals surface area contributed by atoms with Gasteiger partial charge < -0.3 is 16.0 Å². The van der Waals surface area contributed by atoms with E-state index in [1.807, 2.05) is 0 Å². The van der Waals surface area contributed by atoms with Crippen molar-refractivity contribution in [1.29, 1.82) is 0 Å². The number of halogens is 2. The highest BCUT2D eigenvalue weighted by Gasteiger charge is 2.14. The number of nitrogens with one attached hydrogen (secondary N) is 3. The fraction of sp³-hybridized carbons (Fsp3) is 0.176. The molecule has 1 atom stereocenters. The highest BCUT2D eigenvalue weighted by Crippen LogP contribution is 2.22. The Morgan fingerprint density at radius 3 is 2.29 bits per heavy atom. The summed E-state index contributed by atoms with van der Waals surface area (Å²) < 4.78 is 0. The zero-order valence-corrected chi connectivity index (χ0v) is 14.7. The second-order valence-electron chi connectivity index (χ2n) is 5.17. The van der Waals surface area contributed by atoms with Gasteiger partial charge in [-0.15, -0.1) is 0 Å². The van der Waals surface area contributed by atoms with Crippen LogP contribution in [0.15, 0.2) is 42.5 Å². The minimum atomic E-state index is -0.525. The van der Waals surface area contributed by atoms with Gasteiger partial charge in [-0.1, -0.05) is 29.3 Å². The van der Waals surface area contributed by atoms with E-state index in [4.69, 9.17) is 23.2 Å². The van der Waals surface area contributed by atoms with Crippen LogP contribution >= 0.6 is 23.2 Å². The largest absolute Gasteiger partial charge is 0.374 e. The molecule has 126 valence electrons. The molecule has 0 aliphatic heterocycles. The van der Waals surface area contributed by atoms with Crippen molar-refractivity contribution in [3.8, 4) is 0 Å². The van der Waals surface area contributed by atoms with E-state index >= 15 is 0 Å². The predicted octanol–water partition coefficient (Wildman–Crippen LogP) is 3.79. The average Bonchev–Trinajstić information content (AvgIpc) is 2.53. The Kier molecular flexibility index (Phi) is 6.06. The van der Waals surface area contributed by atoms with Crippen LogP contribution in [-0.2, 0) is 4.79 Å². The predicted molar refractivity (Wildman–Crippen MR) is 98.0 cm³/mol. The van der Waals surface area contributed by atoms with Crippen LogP contribution in [-0.4, -0.2) is 24.9 Å². The molecular formula is C17H17Cl2N3O2. The van der Waals surface area contributed by atoms with Crippen molar-refractivity contribution >= 4 is 46.4 Å². The van der Waals surface area contributed by atoms with Crippen LogP contribution in [0, 0.1) is 0 Å². The summed E-state index contributed by atoms with van der Waals surface area (Å²) in [6.45, 7) is 1.72.